The first-order valence-corrected chi connectivity index (χ1v) is 4.81. The van der Waals surface area contributed by atoms with E-state index in [9.17, 15) is 17.6 Å². The predicted molar refractivity (Wildman–Crippen MR) is 48.0 cm³/mol. The molecule has 0 N–H and O–H groups in total. The van der Waals surface area contributed by atoms with E-state index < -0.39 is 22.3 Å². The molecule has 0 aliphatic heterocycles. The van der Waals surface area contributed by atoms with Crippen molar-refractivity contribution in [3.8, 4) is 0 Å². The molecule has 0 saturated carbocycles. The smallest absolute Gasteiger partial charge is 0.205 e. The summed E-state index contributed by atoms with van der Waals surface area (Å²) in [7, 11) is 0. The zero-order valence-corrected chi connectivity index (χ0v) is 8.81. The Morgan fingerprint density at radius 1 is 1.14 bits per heavy atom. The number of hydrogen-bond acceptors (Lipinski definition) is 1. The van der Waals surface area contributed by atoms with Gasteiger partial charge in [-0.3, -0.25) is 0 Å². The standard InChI is InChI=1S/C9H10F4S/c1-8(2,3)6-4-5(10)7(14-6)9(11,12)13/h4H,1-3H3. The van der Waals surface area contributed by atoms with Crippen LogP contribution in [-0.4, -0.2) is 0 Å². The molecule has 0 aliphatic rings. The molecule has 5 heteroatoms. The third kappa shape index (κ3) is 2.26. The van der Waals surface area contributed by atoms with Crippen molar-refractivity contribution in [2.75, 3.05) is 0 Å². The highest BCUT2D eigenvalue weighted by molar-refractivity contribution is 7.12. The zero-order chi connectivity index (χ0) is 11.1. The first-order valence-electron chi connectivity index (χ1n) is 3.99. The van der Waals surface area contributed by atoms with Gasteiger partial charge in [0.15, 0.2) is 0 Å². The lowest BCUT2D eigenvalue weighted by Gasteiger charge is -2.15. The summed E-state index contributed by atoms with van der Waals surface area (Å²) < 4.78 is 49.6. The van der Waals surface area contributed by atoms with Crippen LogP contribution in [0.15, 0.2) is 6.07 Å². The molecule has 1 heterocycles. The summed E-state index contributed by atoms with van der Waals surface area (Å²) in [5, 5.41) is 0. The topological polar surface area (TPSA) is 0 Å². The number of thiophene rings is 1. The summed E-state index contributed by atoms with van der Waals surface area (Å²) in [5.41, 5.74) is -0.449. The second-order valence-electron chi connectivity index (χ2n) is 4.04. The molecule has 0 atom stereocenters. The van der Waals surface area contributed by atoms with Crippen LogP contribution >= 0.6 is 11.3 Å². The fraction of sp³-hybridized carbons (Fsp3) is 0.556. The molecule has 80 valence electrons. The van der Waals surface area contributed by atoms with Crippen LogP contribution in [-0.2, 0) is 11.6 Å². The van der Waals surface area contributed by atoms with Crippen LogP contribution in [0, 0.1) is 5.82 Å². The summed E-state index contributed by atoms with van der Waals surface area (Å²) in [6, 6.07) is 0.966. The highest BCUT2D eigenvalue weighted by Crippen LogP contribution is 2.40. The van der Waals surface area contributed by atoms with Gasteiger partial charge >= 0.3 is 6.18 Å². The van der Waals surface area contributed by atoms with Crippen LogP contribution in [0.2, 0.25) is 0 Å². The lowest BCUT2D eigenvalue weighted by Crippen LogP contribution is -2.08. The van der Waals surface area contributed by atoms with Gasteiger partial charge in [-0.15, -0.1) is 11.3 Å². The highest BCUT2D eigenvalue weighted by Gasteiger charge is 2.37. The maximum atomic E-state index is 12.9. The molecule has 0 nitrogen and oxygen atoms in total. The van der Waals surface area contributed by atoms with Crippen LogP contribution in [0.1, 0.15) is 30.5 Å². The molecular weight excluding hydrogens is 216 g/mol. The van der Waals surface area contributed by atoms with E-state index in [1.54, 1.807) is 20.8 Å². The minimum Gasteiger partial charge on any atom is -0.205 e. The number of alkyl halides is 3. The summed E-state index contributed by atoms with van der Waals surface area (Å²) in [6.45, 7) is 5.25. The molecule has 0 saturated heterocycles. The van der Waals surface area contributed by atoms with E-state index in [1.807, 2.05) is 0 Å². The fourth-order valence-electron chi connectivity index (χ4n) is 0.932. The van der Waals surface area contributed by atoms with Crippen molar-refractivity contribution in [1.82, 2.24) is 0 Å². The van der Waals surface area contributed by atoms with Gasteiger partial charge in [0.1, 0.15) is 10.7 Å². The molecule has 0 unspecified atom stereocenters. The van der Waals surface area contributed by atoms with E-state index in [4.69, 9.17) is 0 Å². The summed E-state index contributed by atoms with van der Waals surface area (Å²) in [6.07, 6.45) is -4.59. The molecule has 0 fully saturated rings. The average molecular weight is 226 g/mol. The van der Waals surface area contributed by atoms with Gasteiger partial charge in [0.05, 0.1) is 0 Å². The average Bonchev–Trinajstić information content (AvgIpc) is 2.27. The van der Waals surface area contributed by atoms with E-state index in [0.717, 1.165) is 6.07 Å². The van der Waals surface area contributed by atoms with Crippen molar-refractivity contribution in [2.24, 2.45) is 0 Å². The molecule has 0 aliphatic carbocycles. The van der Waals surface area contributed by atoms with Crippen molar-refractivity contribution >= 4 is 11.3 Å². The Kier molecular flexibility index (Phi) is 2.65. The fourth-order valence-corrected chi connectivity index (χ4v) is 1.89. The first kappa shape index (κ1) is 11.5. The summed E-state index contributed by atoms with van der Waals surface area (Å²) in [5.74, 6) is -1.17. The van der Waals surface area contributed by atoms with Crippen LogP contribution in [0.4, 0.5) is 17.6 Å². The van der Waals surface area contributed by atoms with Crippen LogP contribution in [0.3, 0.4) is 0 Å². The van der Waals surface area contributed by atoms with E-state index in [2.05, 4.69) is 0 Å². The second-order valence-corrected chi connectivity index (χ2v) is 5.09. The Hall–Kier alpha value is -0.580. The van der Waals surface area contributed by atoms with E-state index in [0.29, 0.717) is 16.2 Å². The van der Waals surface area contributed by atoms with E-state index in [-0.39, 0.29) is 0 Å². The first-order chi connectivity index (χ1) is 6.12. The van der Waals surface area contributed by atoms with Crippen LogP contribution in [0.25, 0.3) is 0 Å². The van der Waals surface area contributed by atoms with Crippen molar-refractivity contribution in [3.63, 3.8) is 0 Å². The van der Waals surface area contributed by atoms with Gasteiger partial charge in [-0.2, -0.15) is 13.2 Å². The van der Waals surface area contributed by atoms with Gasteiger partial charge in [0.25, 0.3) is 0 Å². The Morgan fingerprint density at radius 2 is 1.64 bits per heavy atom. The van der Waals surface area contributed by atoms with Gasteiger partial charge < -0.3 is 0 Å². The Morgan fingerprint density at radius 3 is 1.86 bits per heavy atom. The SMILES string of the molecule is CC(C)(C)c1cc(F)c(C(F)(F)F)s1. The minimum atomic E-state index is -4.59. The van der Waals surface area contributed by atoms with Gasteiger partial charge in [-0.25, -0.2) is 4.39 Å². The van der Waals surface area contributed by atoms with Crippen LogP contribution < -0.4 is 0 Å². The Balaban J connectivity index is 3.19. The van der Waals surface area contributed by atoms with Gasteiger partial charge in [-0.1, -0.05) is 20.8 Å². The maximum absolute atomic E-state index is 12.9. The molecule has 0 amide bonds. The monoisotopic (exact) mass is 226 g/mol. The molecule has 0 bridgehead atoms. The quantitative estimate of drug-likeness (QED) is 0.581. The molecule has 0 aromatic carbocycles. The normalized spacial score (nSPS) is 13.4. The largest absolute Gasteiger partial charge is 0.428 e. The summed E-state index contributed by atoms with van der Waals surface area (Å²) >= 11 is 0.473. The number of hydrogen-bond donors (Lipinski definition) is 0. The zero-order valence-electron chi connectivity index (χ0n) is 8.00. The lowest BCUT2D eigenvalue weighted by atomic mass is 9.95. The van der Waals surface area contributed by atoms with Crippen molar-refractivity contribution in [3.05, 3.63) is 21.6 Å². The Labute approximate surface area is 83.6 Å². The summed E-state index contributed by atoms with van der Waals surface area (Å²) in [4.78, 5) is -0.732. The van der Waals surface area contributed by atoms with E-state index >= 15 is 0 Å². The molecule has 1 rings (SSSR count). The number of rotatable bonds is 0. The van der Waals surface area contributed by atoms with Crippen molar-refractivity contribution in [2.45, 2.75) is 32.4 Å². The molecule has 0 radical (unpaired) electrons. The molecule has 14 heavy (non-hydrogen) atoms. The third-order valence-electron chi connectivity index (χ3n) is 1.68. The Bertz CT molecular complexity index is 330. The molecular formula is C9H10F4S. The third-order valence-corrected chi connectivity index (χ3v) is 3.26. The van der Waals surface area contributed by atoms with Gasteiger partial charge in [-0.05, 0) is 11.5 Å². The highest BCUT2D eigenvalue weighted by atomic mass is 32.1. The van der Waals surface area contributed by atoms with Crippen LogP contribution in [0.5, 0.6) is 0 Å². The molecule has 0 spiro atoms. The minimum absolute atomic E-state index is 0.405. The van der Waals surface area contributed by atoms with Crippen molar-refractivity contribution < 1.29 is 17.6 Å². The number of halogens is 4. The predicted octanol–water partition coefficient (Wildman–Crippen LogP) is 4.20. The van der Waals surface area contributed by atoms with Crippen molar-refractivity contribution in [1.29, 1.82) is 0 Å². The molecule has 1 aromatic heterocycles. The second kappa shape index (κ2) is 3.22. The maximum Gasteiger partial charge on any atom is 0.428 e. The van der Waals surface area contributed by atoms with E-state index in [1.165, 1.54) is 0 Å². The molecule has 1 aromatic rings. The van der Waals surface area contributed by atoms with Gasteiger partial charge in [0, 0.05) is 4.88 Å². The van der Waals surface area contributed by atoms with Gasteiger partial charge in [0.2, 0.25) is 0 Å². The lowest BCUT2D eigenvalue weighted by molar-refractivity contribution is -0.136.